The molecule has 0 unspecified atom stereocenters. The second-order valence-corrected chi connectivity index (χ2v) is 6.35. The first-order valence-corrected chi connectivity index (χ1v) is 8.99. The molecule has 140 valence electrons. The number of hydrogen-bond donors (Lipinski definition) is 3. The lowest BCUT2D eigenvalue weighted by molar-refractivity contribution is -0.122. The Labute approximate surface area is 161 Å². The summed E-state index contributed by atoms with van der Waals surface area (Å²) in [6.07, 6.45) is 0.492. The van der Waals surface area contributed by atoms with E-state index >= 15 is 0 Å². The van der Waals surface area contributed by atoms with E-state index in [2.05, 4.69) is 21.2 Å². The van der Waals surface area contributed by atoms with Gasteiger partial charge in [-0.25, -0.2) is 9.37 Å². The van der Waals surface area contributed by atoms with Gasteiger partial charge in [-0.3, -0.25) is 15.6 Å². The number of hydrazine groups is 1. The number of halogens is 1. The normalized spacial score (nSPS) is 10.6. The Bertz CT molecular complexity index is 954. The monoisotopic (exact) mass is 385 g/mol. The van der Waals surface area contributed by atoms with Crippen molar-refractivity contribution >= 4 is 34.3 Å². The van der Waals surface area contributed by atoms with Crippen LogP contribution in [0.2, 0.25) is 0 Å². The standard InChI is InChI=1S/C19H20FN5OS/c1-2-21-19(27)24-23-18(26)12-25-16-6-4-3-5-15(16)22-17(25)11-13-7-9-14(20)10-8-13/h3-10H,2,11-12H2,1H3,(H,23,26)(H2,21,24,27). The van der Waals surface area contributed by atoms with E-state index in [0.717, 1.165) is 22.4 Å². The molecule has 8 heteroatoms. The zero-order chi connectivity index (χ0) is 19.2. The van der Waals surface area contributed by atoms with Crippen molar-refractivity contribution in [2.24, 2.45) is 0 Å². The van der Waals surface area contributed by atoms with Crippen LogP contribution in [0.4, 0.5) is 4.39 Å². The van der Waals surface area contributed by atoms with Gasteiger partial charge in [-0.15, -0.1) is 0 Å². The van der Waals surface area contributed by atoms with Gasteiger partial charge in [0.15, 0.2) is 5.11 Å². The van der Waals surface area contributed by atoms with Crippen molar-refractivity contribution in [1.82, 2.24) is 25.7 Å². The molecule has 0 aliphatic heterocycles. The fourth-order valence-electron chi connectivity index (χ4n) is 2.74. The third kappa shape index (κ3) is 4.79. The molecule has 2 aromatic carbocycles. The number of thiocarbonyl (C=S) groups is 1. The third-order valence-electron chi connectivity index (χ3n) is 3.96. The number of nitrogens with zero attached hydrogens (tertiary/aromatic N) is 2. The summed E-state index contributed by atoms with van der Waals surface area (Å²) in [5.41, 5.74) is 7.82. The van der Waals surface area contributed by atoms with E-state index in [0.29, 0.717) is 18.1 Å². The largest absolute Gasteiger partial charge is 0.362 e. The maximum Gasteiger partial charge on any atom is 0.258 e. The lowest BCUT2D eigenvalue weighted by atomic mass is 10.1. The Balaban J connectivity index is 1.81. The van der Waals surface area contributed by atoms with Crippen LogP contribution in [-0.4, -0.2) is 27.1 Å². The van der Waals surface area contributed by atoms with Gasteiger partial charge in [0.1, 0.15) is 18.2 Å². The summed E-state index contributed by atoms with van der Waals surface area (Å²) < 4.78 is 15.0. The lowest BCUT2D eigenvalue weighted by Gasteiger charge is -2.12. The second kappa shape index (κ2) is 8.59. The van der Waals surface area contributed by atoms with Gasteiger partial charge in [0.25, 0.3) is 5.91 Å². The highest BCUT2D eigenvalue weighted by Crippen LogP contribution is 2.18. The van der Waals surface area contributed by atoms with E-state index in [-0.39, 0.29) is 18.3 Å². The second-order valence-electron chi connectivity index (χ2n) is 5.94. The number of aromatic nitrogens is 2. The smallest absolute Gasteiger partial charge is 0.258 e. The molecule has 3 N–H and O–H groups in total. The Morgan fingerprint density at radius 1 is 1.15 bits per heavy atom. The predicted octanol–water partition coefficient (Wildman–Crippen LogP) is 2.28. The third-order valence-corrected chi connectivity index (χ3v) is 4.21. The maximum absolute atomic E-state index is 13.2. The first-order valence-electron chi connectivity index (χ1n) is 8.58. The number of benzene rings is 2. The molecule has 1 heterocycles. The molecule has 0 aliphatic rings. The van der Waals surface area contributed by atoms with Crippen LogP contribution >= 0.6 is 12.2 Å². The Hall–Kier alpha value is -3.00. The highest BCUT2D eigenvalue weighted by atomic mass is 32.1. The van der Waals surface area contributed by atoms with Gasteiger partial charge in [0.2, 0.25) is 0 Å². The summed E-state index contributed by atoms with van der Waals surface area (Å²) in [5, 5.41) is 3.25. The number of carbonyl (C=O) groups excluding carboxylic acids is 1. The Morgan fingerprint density at radius 3 is 2.63 bits per heavy atom. The molecule has 0 fully saturated rings. The minimum Gasteiger partial charge on any atom is -0.362 e. The minimum absolute atomic E-state index is 0.0821. The molecule has 0 saturated carbocycles. The fraction of sp³-hybridized carbons (Fsp3) is 0.211. The van der Waals surface area contributed by atoms with Crippen molar-refractivity contribution in [1.29, 1.82) is 0 Å². The first-order chi connectivity index (χ1) is 13.1. The van der Waals surface area contributed by atoms with Crippen LogP contribution in [0.5, 0.6) is 0 Å². The van der Waals surface area contributed by atoms with E-state index < -0.39 is 0 Å². The number of hydrogen-bond acceptors (Lipinski definition) is 3. The van der Waals surface area contributed by atoms with Gasteiger partial charge in [0.05, 0.1) is 11.0 Å². The van der Waals surface area contributed by atoms with Crippen molar-refractivity contribution in [3.05, 3.63) is 65.7 Å². The molecule has 0 bridgehead atoms. The van der Waals surface area contributed by atoms with Gasteiger partial charge in [0, 0.05) is 13.0 Å². The predicted molar refractivity (Wildman–Crippen MR) is 106 cm³/mol. The van der Waals surface area contributed by atoms with Crippen molar-refractivity contribution in [2.45, 2.75) is 19.9 Å². The van der Waals surface area contributed by atoms with Crippen molar-refractivity contribution in [3.8, 4) is 0 Å². The average Bonchev–Trinajstić information content (AvgIpc) is 2.99. The molecule has 27 heavy (non-hydrogen) atoms. The summed E-state index contributed by atoms with van der Waals surface area (Å²) in [4.78, 5) is 17.0. The van der Waals surface area contributed by atoms with Crippen molar-refractivity contribution in [2.75, 3.05) is 6.54 Å². The van der Waals surface area contributed by atoms with Gasteiger partial charge >= 0.3 is 0 Å². The van der Waals surface area contributed by atoms with Gasteiger partial charge in [-0.05, 0) is 49.0 Å². The average molecular weight is 385 g/mol. The molecule has 3 aromatic rings. The highest BCUT2D eigenvalue weighted by Gasteiger charge is 2.14. The lowest BCUT2D eigenvalue weighted by Crippen LogP contribution is -2.47. The van der Waals surface area contributed by atoms with Gasteiger partial charge in [-0.2, -0.15) is 0 Å². The molecular formula is C19H20FN5OS. The van der Waals surface area contributed by atoms with E-state index in [1.54, 1.807) is 12.1 Å². The van der Waals surface area contributed by atoms with Crippen LogP contribution < -0.4 is 16.2 Å². The molecular weight excluding hydrogens is 365 g/mol. The molecule has 1 aromatic heterocycles. The van der Waals surface area contributed by atoms with Gasteiger partial charge < -0.3 is 9.88 Å². The van der Waals surface area contributed by atoms with Crippen LogP contribution in [0.1, 0.15) is 18.3 Å². The van der Waals surface area contributed by atoms with E-state index in [1.807, 2.05) is 35.8 Å². The Morgan fingerprint density at radius 2 is 1.89 bits per heavy atom. The molecule has 0 atom stereocenters. The number of carbonyl (C=O) groups is 1. The number of rotatable bonds is 5. The Kier molecular flexibility index (Phi) is 5.97. The zero-order valence-electron chi connectivity index (χ0n) is 14.8. The summed E-state index contributed by atoms with van der Waals surface area (Å²) in [7, 11) is 0. The maximum atomic E-state index is 13.2. The van der Waals surface area contributed by atoms with Crippen LogP contribution in [0.25, 0.3) is 11.0 Å². The molecule has 0 saturated heterocycles. The van der Waals surface area contributed by atoms with E-state index in [9.17, 15) is 9.18 Å². The number of para-hydroxylation sites is 2. The van der Waals surface area contributed by atoms with Crippen LogP contribution in [0, 0.1) is 5.82 Å². The SMILES string of the molecule is CCNC(=S)NNC(=O)Cn1c(Cc2ccc(F)cc2)nc2ccccc21. The molecule has 1 amide bonds. The number of amides is 1. The first kappa shape index (κ1) is 18.8. The zero-order valence-corrected chi connectivity index (χ0v) is 15.6. The van der Waals surface area contributed by atoms with Crippen LogP contribution in [0.3, 0.4) is 0 Å². The summed E-state index contributed by atoms with van der Waals surface area (Å²) in [5.74, 6) is 0.195. The molecule has 0 radical (unpaired) electrons. The van der Waals surface area contributed by atoms with E-state index in [4.69, 9.17) is 12.2 Å². The van der Waals surface area contributed by atoms with Crippen LogP contribution in [-0.2, 0) is 17.8 Å². The molecule has 6 nitrogen and oxygen atoms in total. The molecule has 0 spiro atoms. The highest BCUT2D eigenvalue weighted by molar-refractivity contribution is 7.80. The number of imidazole rings is 1. The topological polar surface area (TPSA) is 71.0 Å². The minimum atomic E-state index is -0.283. The quantitative estimate of drug-likeness (QED) is 0.464. The van der Waals surface area contributed by atoms with Crippen molar-refractivity contribution in [3.63, 3.8) is 0 Å². The van der Waals surface area contributed by atoms with Gasteiger partial charge in [-0.1, -0.05) is 24.3 Å². The number of nitrogens with one attached hydrogen (secondary N) is 3. The number of fused-ring (bicyclic) bond motifs is 1. The van der Waals surface area contributed by atoms with E-state index in [1.165, 1.54) is 12.1 Å². The molecule has 3 rings (SSSR count). The fourth-order valence-corrected chi connectivity index (χ4v) is 2.93. The summed E-state index contributed by atoms with van der Waals surface area (Å²) in [6, 6.07) is 13.9. The summed E-state index contributed by atoms with van der Waals surface area (Å²) >= 11 is 5.03. The van der Waals surface area contributed by atoms with Crippen LogP contribution in [0.15, 0.2) is 48.5 Å². The molecule has 0 aliphatic carbocycles. The van der Waals surface area contributed by atoms with Crippen molar-refractivity contribution < 1.29 is 9.18 Å². The summed E-state index contributed by atoms with van der Waals surface area (Å²) in [6.45, 7) is 2.66.